The lowest BCUT2D eigenvalue weighted by Gasteiger charge is -2.09. The van der Waals surface area contributed by atoms with Gasteiger partial charge < -0.3 is 15.4 Å². The minimum Gasteiger partial charge on any atom is -0.465 e. The van der Waals surface area contributed by atoms with Crippen LogP contribution in [0.4, 0.5) is 11.5 Å². The first-order valence-electron chi connectivity index (χ1n) is 8.81. The van der Waals surface area contributed by atoms with Gasteiger partial charge in [0, 0.05) is 18.4 Å². The Morgan fingerprint density at radius 3 is 2.54 bits per heavy atom. The molecule has 3 aromatic rings. The van der Waals surface area contributed by atoms with Crippen molar-refractivity contribution in [2.75, 3.05) is 17.7 Å². The molecular formula is C22H21N3O3. The average Bonchev–Trinajstić information content (AvgIpc) is 2.73. The summed E-state index contributed by atoms with van der Waals surface area (Å²) in [6.45, 7) is 2.72. The van der Waals surface area contributed by atoms with E-state index in [1.807, 2.05) is 12.1 Å². The quantitative estimate of drug-likeness (QED) is 0.636. The highest BCUT2D eigenvalue weighted by Gasteiger charge is 2.10. The number of hydrogen-bond donors (Lipinski definition) is 2. The Kier molecular flexibility index (Phi) is 6.01. The van der Waals surface area contributed by atoms with E-state index in [2.05, 4.69) is 39.4 Å². The van der Waals surface area contributed by atoms with E-state index in [0.717, 1.165) is 0 Å². The van der Waals surface area contributed by atoms with Crippen LogP contribution in [0.15, 0.2) is 66.9 Å². The number of nitrogens with one attached hydrogen (secondary N) is 2. The Labute approximate surface area is 163 Å². The van der Waals surface area contributed by atoms with Crippen molar-refractivity contribution in [3.8, 4) is 0 Å². The highest BCUT2D eigenvalue weighted by molar-refractivity contribution is 6.04. The van der Waals surface area contributed by atoms with Crippen molar-refractivity contribution in [2.45, 2.75) is 13.5 Å². The Hall–Kier alpha value is -3.67. The van der Waals surface area contributed by atoms with Gasteiger partial charge in [-0.05, 0) is 48.4 Å². The minimum atomic E-state index is -0.457. The molecule has 142 valence electrons. The molecule has 0 atom stereocenters. The van der Waals surface area contributed by atoms with Crippen LogP contribution < -0.4 is 10.6 Å². The summed E-state index contributed by atoms with van der Waals surface area (Å²) in [4.78, 5) is 28.3. The predicted molar refractivity (Wildman–Crippen MR) is 108 cm³/mol. The monoisotopic (exact) mass is 375 g/mol. The number of carbonyl (C=O) groups excluding carboxylic acids is 2. The van der Waals surface area contributed by atoms with Crippen molar-refractivity contribution in [3.05, 3.63) is 89.1 Å². The summed E-state index contributed by atoms with van der Waals surface area (Å²) >= 11 is 0. The molecule has 6 heteroatoms. The molecule has 1 heterocycles. The second-order valence-corrected chi connectivity index (χ2v) is 6.24. The van der Waals surface area contributed by atoms with Gasteiger partial charge in [-0.2, -0.15) is 0 Å². The van der Waals surface area contributed by atoms with Crippen LogP contribution in [0.5, 0.6) is 0 Å². The molecule has 1 aromatic heterocycles. The number of aromatic nitrogens is 1. The third-order valence-corrected chi connectivity index (χ3v) is 4.29. The van der Waals surface area contributed by atoms with Crippen molar-refractivity contribution >= 4 is 23.4 Å². The molecular weight excluding hydrogens is 354 g/mol. The van der Waals surface area contributed by atoms with E-state index in [4.69, 9.17) is 0 Å². The topological polar surface area (TPSA) is 80.3 Å². The highest BCUT2D eigenvalue weighted by Crippen LogP contribution is 2.14. The molecule has 0 aliphatic rings. The zero-order valence-corrected chi connectivity index (χ0v) is 15.7. The SMILES string of the molecule is COC(=O)c1cccc(NC(=O)c2ccc(NCc3ccccc3C)nc2)c1. The fourth-order valence-corrected chi connectivity index (χ4v) is 2.67. The van der Waals surface area contributed by atoms with E-state index in [0.29, 0.717) is 29.2 Å². The van der Waals surface area contributed by atoms with Crippen LogP contribution in [0, 0.1) is 6.92 Å². The van der Waals surface area contributed by atoms with Gasteiger partial charge in [-0.25, -0.2) is 9.78 Å². The molecule has 0 unspecified atom stereocenters. The van der Waals surface area contributed by atoms with Crippen LogP contribution in [0.3, 0.4) is 0 Å². The van der Waals surface area contributed by atoms with Gasteiger partial charge in [0.25, 0.3) is 5.91 Å². The molecule has 0 fully saturated rings. The van der Waals surface area contributed by atoms with E-state index < -0.39 is 5.97 Å². The number of hydrogen-bond acceptors (Lipinski definition) is 5. The van der Waals surface area contributed by atoms with Gasteiger partial charge in [0.1, 0.15) is 5.82 Å². The maximum atomic E-state index is 12.4. The van der Waals surface area contributed by atoms with Gasteiger partial charge in [-0.15, -0.1) is 0 Å². The van der Waals surface area contributed by atoms with Crippen LogP contribution >= 0.6 is 0 Å². The van der Waals surface area contributed by atoms with Gasteiger partial charge in [-0.1, -0.05) is 30.3 Å². The Balaban J connectivity index is 1.62. The molecule has 0 aliphatic heterocycles. The van der Waals surface area contributed by atoms with Crippen LogP contribution in [0.2, 0.25) is 0 Å². The lowest BCUT2D eigenvalue weighted by atomic mass is 10.1. The summed E-state index contributed by atoms with van der Waals surface area (Å²) in [5, 5.41) is 6.01. The van der Waals surface area contributed by atoms with Crippen molar-refractivity contribution in [3.63, 3.8) is 0 Å². The van der Waals surface area contributed by atoms with E-state index in [1.54, 1.807) is 36.4 Å². The van der Waals surface area contributed by atoms with Gasteiger partial charge in [0.2, 0.25) is 0 Å². The minimum absolute atomic E-state index is 0.306. The summed E-state index contributed by atoms with van der Waals surface area (Å²) in [5.41, 5.74) is 3.70. The van der Waals surface area contributed by atoms with E-state index >= 15 is 0 Å². The molecule has 1 amide bonds. The second-order valence-electron chi connectivity index (χ2n) is 6.24. The summed E-state index contributed by atoms with van der Waals surface area (Å²) in [6.07, 6.45) is 1.51. The molecule has 3 rings (SSSR count). The molecule has 6 nitrogen and oxygen atoms in total. The highest BCUT2D eigenvalue weighted by atomic mass is 16.5. The van der Waals surface area contributed by atoms with Gasteiger partial charge in [0.15, 0.2) is 0 Å². The largest absolute Gasteiger partial charge is 0.465 e. The normalized spacial score (nSPS) is 10.2. The molecule has 2 N–H and O–H groups in total. The number of rotatable bonds is 6. The second kappa shape index (κ2) is 8.81. The Bertz CT molecular complexity index is 984. The number of aryl methyl sites for hydroxylation is 1. The van der Waals surface area contributed by atoms with Gasteiger partial charge in [0.05, 0.1) is 18.2 Å². The van der Waals surface area contributed by atoms with Crippen LogP contribution in [-0.4, -0.2) is 24.0 Å². The number of nitrogens with zero attached hydrogens (tertiary/aromatic N) is 1. The first-order valence-corrected chi connectivity index (χ1v) is 8.81. The fourth-order valence-electron chi connectivity index (χ4n) is 2.67. The summed E-state index contributed by atoms with van der Waals surface area (Å²) in [6, 6.07) is 18.2. The Morgan fingerprint density at radius 1 is 1.00 bits per heavy atom. The average molecular weight is 375 g/mol. The molecule has 2 aromatic carbocycles. The summed E-state index contributed by atoms with van der Waals surface area (Å²) < 4.78 is 4.69. The molecule has 28 heavy (non-hydrogen) atoms. The number of benzene rings is 2. The molecule has 0 saturated heterocycles. The van der Waals surface area contributed by atoms with Crippen LogP contribution in [0.25, 0.3) is 0 Å². The fraction of sp³-hybridized carbons (Fsp3) is 0.136. The Morgan fingerprint density at radius 2 is 1.82 bits per heavy atom. The third-order valence-electron chi connectivity index (χ3n) is 4.29. The lowest BCUT2D eigenvalue weighted by molar-refractivity contribution is 0.0600. The maximum Gasteiger partial charge on any atom is 0.337 e. The number of pyridine rings is 1. The predicted octanol–water partition coefficient (Wildman–Crippen LogP) is 4.04. The lowest BCUT2D eigenvalue weighted by Crippen LogP contribution is -2.13. The number of ether oxygens (including phenoxy) is 1. The first-order chi connectivity index (χ1) is 13.6. The molecule has 0 aliphatic carbocycles. The number of amides is 1. The van der Waals surface area contributed by atoms with Crippen LogP contribution in [0.1, 0.15) is 31.8 Å². The number of esters is 1. The van der Waals surface area contributed by atoms with Crippen molar-refractivity contribution < 1.29 is 14.3 Å². The number of carbonyl (C=O) groups is 2. The van der Waals surface area contributed by atoms with Gasteiger partial charge >= 0.3 is 5.97 Å². The zero-order valence-electron chi connectivity index (χ0n) is 15.7. The number of anilines is 2. The smallest absolute Gasteiger partial charge is 0.337 e. The summed E-state index contributed by atoms with van der Waals surface area (Å²) in [7, 11) is 1.31. The van der Waals surface area contributed by atoms with E-state index in [9.17, 15) is 9.59 Å². The van der Waals surface area contributed by atoms with E-state index in [1.165, 1.54) is 24.4 Å². The molecule has 0 saturated carbocycles. The standard InChI is InChI=1S/C22H21N3O3/c1-15-6-3-4-7-17(15)13-23-20-11-10-18(14-24-20)21(26)25-19-9-5-8-16(12-19)22(27)28-2/h3-12,14H,13H2,1-2H3,(H,23,24)(H,25,26). The molecule has 0 spiro atoms. The zero-order chi connectivity index (χ0) is 19.9. The van der Waals surface area contributed by atoms with E-state index in [-0.39, 0.29) is 5.91 Å². The first kappa shape index (κ1) is 19.1. The maximum absolute atomic E-state index is 12.4. The summed E-state index contributed by atoms with van der Waals surface area (Å²) in [5.74, 6) is -0.0747. The van der Waals surface area contributed by atoms with Crippen LogP contribution in [-0.2, 0) is 11.3 Å². The van der Waals surface area contributed by atoms with Gasteiger partial charge in [-0.3, -0.25) is 4.79 Å². The number of methoxy groups -OCH3 is 1. The van der Waals surface area contributed by atoms with Crippen molar-refractivity contribution in [2.24, 2.45) is 0 Å². The van der Waals surface area contributed by atoms with Crippen molar-refractivity contribution in [1.29, 1.82) is 0 Å². The molecule has 0 radical (unpaired) electrons. The van der Waals surface area contributed by atoms with Crippen molar-refractivity contribution in [1.82, 2.24) is 4.98 Å². The molecule has 0 bridgehead atoms. The third kappa shape index (κ3) is 4.73.